The predicted molar refractivity (Wildman–Crippen MR) is 71.8 cm³/mol. The van der Waals surface area contributed by atoms with Crippen LogP contribution in [0.4, 0.5) is 0 Å². The molecule has 84 valence electrons. The molecular weight excluding hydrogens is 284 g/mol. The van der Waals surface area contributed by atoms with Crippen molar-refractivity contribution in [2.24, 2.45) is 0 Å². The Morgan fingerprint density at radius 3 is 2.69 bits per heavy atom. The number of nitrogens with zero attached hydrogens (tertiary/aromatic N) is 1. The molecule has 0 saturated carbocycles. The number of rotatable bonds is 4. The first-order valence-corrected chi connectivity index (χ1v) is 6.77. The number of hydrogen-bond donors (Lipinski definition) is 1. The highest BCUT2D eigenvalue weighted by molar-refractivity contribution is 9.10. The molecule has 0 fully saturated rings. The Kier molecular flexibility index (Phi) is 4.09. The molecule has 1 unspecified atom stereocenters. The molecule has 16 heavy (non-hydrogen) atoms. The van der Waals surface area contributed by atoms with Gasteiger partial charge in [-0.15, -0.1) is 11.3 Å². The van der Waals surface area contributed by atoms with E-state index in [-0.39, 0.29) is 0 Å². The molecule has 2 heterocycles. The zero-order valence-electron chi connectivity index (χ0n) is 8.98. The van der Waals surface area contributed by atoms with Gasteiger partial charge >= 0.3 is 0 Å². The molecule has 4 heteroatoms. The van der Waals surface area contributed by atoms with Crippen LogP contribution in [-0.2, 0) is 6.42 Å². The molecule has 0 amide bonds. The van der Waals surface area contributed by atoms with Crippen LogP contribution in [0.3, 0.4) is 0 Å². The molecule has 2 nitrogen and oxygen atoms in total. The highest BCUT2D eigenvalue weighted by atomic mass is 79.9. The Hall–Kier alpha value is -0.710. The molecule has 0 spiro atoms. The van der Waals surface area contributed by atoms with Gasteiger partial charge in [0.2, 0.25) is 0 Å². The second-order valence-corrected chi connectivity index (χ2v) is 5.37. The molecule has 0 aromatic carbocycles. The standard InChI is InChI=1S/C12H13BrN2S/c1-14-11(9-2-5-15-6-3-9)8-12-10(13)4-7-16-12/h2-7,11,14H,8H2,1H3. The Morgan fingerprint density at radius 1 is 1.38 bits per heavy atom. The zero-order chi connectivity index (χ0) is 11.4. The van der Waals surface area contributed by atoms with E-state index < -0.39 is 0 Å². The normalized spacial score (nSPS) is 12.6. The van der Waals surface area contributed by atoms with E-state index in [0.717, 1.165) is 6.42 Å². The Bertz CT molecular complexity index is 441. The van der Waals surface area contributed by atoms with E-state index in [0.29, 0.717) is 6.04 Å². The quantitative estimate of drug-likeness (QED) is 0.935. The molecule has 0 radical (unpaired) electrons. The topological polar surface area (TPSA) is 24.9 Å². The van der Waals surface area contributed by atoms with Crippen LogP contribution in [0.25, 0.3) is 0 Å². The molecule has 2 rings (SSSR count). The molecule has 1 N–H and O–H groups in total. The van der Waals surface area contributed by atoms with Crippen molar-refractivity contribution in [2.45, 2.75) is 12.5 Å². The minimum atomic E-state index is 0.345. The van der Waals surface area contributed by atoms with Crippen LogP contribution >= 0.6 is 27.3 Å². The SMILES string of the molecule is CNC(Cc1sccc1Br)c1ccncc1. The summed E-state index contributed by atoms with van der Waals surface area (Å²) in [5.74, 6) is 0. The maximum Gasteiger partial charge on any atom is 0.0367 e. The second kappa shape index (κ2) is 5.57. The van der Waals surface area contributed by atoms with E-state index in [1.54, 1.807) is 11.3 Å². The number of likely N-dealkylation sites (N-methyl/N-ethyl adjacent to an activating group) is 1. The summed E-state index contributed by atoms with van der Waals surface area (Å²) in [7, 11) is 1.99. The summed E-state index contributed by atoms with van der Waals surface area (Å²) in [5, 5.41) is 5.45. The van der Waals surface area contributed by atoms with Gasteiger partial charge in [-0.3, -0.25) is 4.98 Å². The maximum absolute atomic E-state index is 4.04. The summed E-state index contributed by atoms with van der Waals surface area (Å²) in [6.45, 7) is 0. The van der Waals surface area contributed by atoms with Gasteiger partial charge in [0.1, 0.15) is 0 Å². The lowest BCUT2D eigenvalue weighted by atomic mass is 10.0. The van der Waals surface area contributed by atoms with Crippen molar-refractivity contribution in [3.8, 4) is 0 Å². The molecule has 1 atom stereocenters. The van der Waals surface area contributed by atoms with Gasteiger partial charge < -0.3 is 5.32 Å². The van der Waals surface area contributed by atoms with Crippen molar-refractivity contribution in [1.82, 2.24) is 10.3 Å². The summed E-state index contributed by atoms with van der Waals surface area (Å²) < 4.78 is 1.20. The first kappa shape index (κ1) is 11.8. The third-order valence-corrected chi connectivity index (χ3v) is 4.49. The van der Waals surface area contributed by atoms with Gasteiger partial charge in [0.05, 0.1) is 0 Å². The fourth-order valence-electron chi connectivity index (χ4n) is 1.64. The molecular formula is C12H13BrN2S. The summed E-state index contributed by atoms with van der Waals surface area (Å²) >= 11 is 5.35. The van der Waals surface area contributed by atoms with Crippen molar-refractivity contribution in [2.75, 3.05) is 7.05 Å². The summed E-state index contributed by atoms with van der Waals surface area (Å²) in [5.41, 5.74) is 1.28. The van der Waals surface area contributed by atoms with Gasteiger partial charge in [-0.1, -0.05) is 0 Å². The van der Waals surface area contributed by atoms with Gasteiger partial charge in [0.15, 0.2) is 0 Å². The fourth-order valence-corrected chi connectivity index (χ4v) is 3.20. The maximum atomic E-state index is 4.04. The smallest absolute Gasteiger partial charge is 0.0367 e. The number of nitrogens with one attached hydrogen (secondary N) is 1. The zero-order valence-corrected chi connectivity index (χ0v) is 11.4. The largest absolute Gasteiger partial charge is 0.313 e. The van der Waals surface area contributed by atoms with Crippen molar-refractivity contribution in [3.63, 3.8) is 0 Å². The van der Waals surface area contributed by atoms with E-state index in [9.17, 15) is 0 Å². The van der Waals surface area contributed by atoms with Gasteiger partial charge in [-0.2, -0.15) is 0 Å². The Balaban J connectivity index is 2.16. The van der Waals surface area contributed by atoms with Crippen LogP contribution < -0.4 is 5.32 Å². The monoisotopic (exact) mass is 296 g/mol. The molecule has 0 aliphatic heterocycles. The van der Waals surface area contributed by atoms with Crippen LogP contribution in [0, 0.1) is 0 Å². The van der Waals surface area contributed by atoms with E-state index in [1.807, 2.05) is 19.4 Å². The molecule has 0 saturated heterocycles. The average Bonchev–Trinajstić information content (AvgIpc) is 2.73. The van der Waals surface area contributed by atoms with Crippen molar-refractivity contribution < 1.29 is 0 Å². The first-order chi connectivity index (χ1) is 7.81. The van der Waals surface area contributed by atoms with E-state index in [2.05, 4.69) is 49.8 Å². The Labute approximate surface area is 108 Å². The van der Waals surface area contributed by atoms with Crippen molar-refractivity contribution in [1.29, 1.82) is 0 Å². The molecule has 0 aliphatic carbocycles. The predicted octanol–water partition coefficient (Wildman–Crippen LogP) is 3.41. The first-order valence-electron chi connectivity index (χ1n) is 5.10. The van der Waals surface area contributed by atoms with Gasteiger partial charge in [0, 0.05) is 34.2 Å². The van der Waals surface area contributed by atoms with Crippen molar-refractivity contribution >= 4 is 27.3 Å². The highest BCUT2D eigenvalue weighted by Crippen LogP contribution is 2.27. The van der Waals surface area contributed by atoms with E-state index >= 15 is 0 Å². The van der Waals surface area contributed by atoms with Crippen LogP contribution in [0.2, 0.25) is 0 Å². The van der Waals surface area contributed by atoms with Crippen LogP contribution in [-0.4, -0.2) is 12.0 Å². The third-order valence-electron chi connectivity index (χ3n) is 2.54. The number of aromatic nitrogens is 1. The number of pyridine rings is 1. The minimum Gasteiger partial charge on any atom is -0.313 e. The van der Waals surface area contributed by atoms with E-state index in [1.165, 1.54) is 14.9 Å². The lowest BCUT2D eigenvalue weighted by molar-refractivity contribution is 0.595. The lowest BCUT2D eigenvalue weighted by Gasteiger charge is -2.15. The summed E-state index contributed by atoms with van der Waals surface area (Å²) in [6, 6.07) is 6.56. The lowest BCUT2D eigenvalue weighted by Crippen LogP contribution is -2.18. The number of hydrogen-bond acceptors (Lipinski definition) is 3. The average molecular weight is 297 g/mol. The third kappa shape index (κ3) is 2.70. The molecule has 0 bridgehead atoms. The molecule has 2 aromatic heterocycles. The highest BCUT2D eigenvalue weighted by Gasteiger charge is 2.12. The van der Waals surface area contributed by atoms with E-state index in [4.69, 9.17) is 0 Å². The summed E-state index contributed by atoms with van der Waals surface area (Å²) in [4.78, 5) is 5.41. The molecule has 0 aliphatic rings. The fraction of sp³-hybridized carbons (Fsp3) is 0.250. The second-order valence-electron chi connectivity index (χ2n) is 3.52. The van der Waals surface area contributed by atoms with Gasteiger partial charge in [0.25, 0.3) is 0 Å². The summed E-state index contributed by atoms with van der Waals surface area (Å²) in [6.07, 6.45) is 4.67. The molecule has 2 aromatic rings. The van der Waals surface area contributed by atoms with Crippen molar-refractivity contribution in [3.05, 3.63) is 50.9 Å². The number of halogens is 1. The Morgan fingerprint density at radius 2 is 2.12 bits per heavy atom. The minimum absolute atomic E-state index is 0.345. The van der Waals surface area contributed by atoms with Gasteiger partial charge in [-0.05, 0) is 52.1 Å². The van der Waals surface area contributed by atoms with Crippen LogP contribution in [0.1, 0.15) is 16.5 Å². The number of thiophene rings is 1. The van der Waals surface area contributed by atoms with Gasteiger partial charge in [-0.25, -0.2) is 0 Å². The van der Waals surface area contributed by atoms with Crippen LogP contribution in [0.15, 0.2) is 40.4 Å². The van der Waals surface area contributed by atoms with Crippen LogP contribution in [0.5, 0.6) is 0 Å².